The third-order valence-electron chi connectivity index (χ3n) is 3.37. The molecule has 0 radical (unpaired) electrons. The smallest absolute Gasteiger partial charge is 0.191 e. The second-order valence-electron chi connectivity index (χ2n) is 4.85. The molecule has 118 valence electrons. The molecular weight excluding hydrogens is 332 g/mol. The van der Waals surface area contributed by atoms with Crippen LogP contribution in [0.4, 0.5) is 0 Å². The average molecular weight is 347 g/mol. The van der Waals surface area contributed by atoms with Crippen LogP contribution in [0.25, 0.3) is 11.4 Å². The lowest BCUT2D eigenvalue weighted by Gasteiger charge is -2.07. The van der Waals surface area contributed by atoms with Gasteiger partial charge in [-0.25, -0.2) is 0 Å². The summed E-state index contributed by atoms with van der Waals surface area (Å²) in [7, 11) is 0. The van der Waals surface area contributed by atoms with Crippen molar-refractivity contribution in [3.05, 3.63) is 53.3 Å². The van der Waals surface area contributed by atoms with Gasteiger partial charge in [-0.2, -0.15) is 0 Å². The fourth-order valence-corrected chi connectivity index (χ4v) is 3.22. The Kier molecular flexibility index (Phi) is 4.83. The zero-order valence-corrected chi connectivity index (χ0v) is 14.1. The van der Waals surface area contributed by atoms with Crippen molar-refractivity contribution in [3.63, 3.8) is 0 Å². The summed E-state index contributed by atoms with van der Waals surface area (Å²) in [4.78, 5) is 15.0. The predicted octanol–water partition coefficient (Wildman–Crippen LogP) is 3.92. The molecular formula is C16H15ClN4OS. The topological polar surface area (TPSA) is 63.6 Å². The number of Topliss-reactive ketones (excluding diaryl/α,β-unsaturated/α-hetero) is 1. The van der Waals surface area contributed by atoms with E-state index in [4.69, 9.17) is 11.6 Å². The number of H-pyrrole nitrogens is 1. The summed E-state index contributed by atoms with van der Waals surface area (Å²) in [6, 6.07) is 11.1. The van der Waals surface area contributed by atoms with E-state index < -0.39 is 0 Å². The molecule has 7 heteroatoms. The number of hydrogen-bond donors (Lipinski definition) is 1. The summed E-state index contributed by atoms with van der Waals surface area (Å²) in [5.41, 5.74) is 1.56. The molecule has 3 rings (SSSR count). The Morgan fingerprint density at radius 1 is 1.26 bits per heavy atom. The van der Waals surface area contributed by atoms with Crippen LogP contribution in [0.2, 0.25) is 5.02 Å². The highest BCUT2D eigenvalue weighted by molar-refractivity contribution is 7.99. The van der Waals surface area contributed by atoms with Gasteiger partial charge in [0.05, 0.1) is 11.4 Å². The molecule has 1 N–H and O–H groups in total. The molecule has 0 aliphatic heterocycles. The number of carbonyl (C=O) groups is 1. The van der Waals surface area contributed by atoms with E-state index in [2.05, 4.69) is 15.2 Å². The zero-order valence-electron chi connectivity index (χ0n) is 12.5. The quantitative estimate of drug-likeness (QED) is 0.542. The van der Waals surface area contributed by atoms with Crippen LogP contribution in [-0.4, -0.2) is 31.3 Å². The lowest BCUT2D eigenvalue weighted by atomic mass is 10.2. The van der Waals surface area contributed by atoms with Crippen molar-refractivity contribution in [2.45, 2.75) is 18.6 Å². The van der Waals surface area contributed by atoms with E-state index in [-0.39, 0.29) is 5.78 Å². The Labute approximate surface area is 143 Å². The van der Waals surface area contributed by atoms with Gasteiger partial charge in [0, 0.05) is 23.3 Å². The van der Waals surface area contributed by atoms with Gasteiger partial charge in [0.2, 0.25) is 0 Å². The molecule has 0 amide bonds. The molecule has 0 unspecified atom stereocenters. The number of benzene rings is 1. The van der Waals surface area contributed by atoms with E-state index >= 15 is 0 Å². The lowest BCUT2D eigenvalue weighted by molar-refractivity contribution is 0.101. The first kappa shape index (κ1) is 15.8. The van der Waals surface area contributed by atoms with Crippen LogP contribution in [0.3, 0.4) is 0 Å². The van der Waals surface area contributed by atoms with Gasteiger partial charge >= 0.3 is 0 Å². The van der Waals surface area contributed by atoms with Crippen molar-refractivity contribution in [2.24, 2.45) is 0 Å². The summed E-state index contributed by atoms with van der Waals surface area (Å²) in [6.07, 6.45) is 1.74. The summed E-state index contributed by atoms with van der Waals surface area (Å²) >= 11 is 7.31. The molecule has 1 aromatic carbocycles. The molecule has 0 atom stereocenters. The molecule has 2 heterocycles. The predicted molar refractivity (Wildman–Crippen MR) is 92.0 cm³/mol. The molecule has 0 aliphatic rings. The van der Waals surface area contributed by atoms with Crippen LogP contribution in [-0.2, 0) is 6.54 Å². The van der Waals surface area contributed by atoms with Gasteiger partial charge in [-0.1, -0.05) is 23.4 Å². The fourth-order valence-electron chi connectivity index (χ4n) is 2.20. The Hall–Kier alpha value is -2.05. The van der Waals surface area contributed by atoms with E-state index in [1.165, 1.54) is 11.8 Å². The average Bonchev–Trinajstić information content (AvgIpc) is 3.22. The summed E-state index contributed by atoms with van der Waals surface area (Å²) in [6.45, 7) is 2.75. The van der Waals surface area contributed by atoms with Gasteiger partial charge in [0.1, 0.15) is 0 Å². The number of carbonyl (C=O) groups excluding carboxylic acids is 1. The summed E-state index contributed by atoms with van der Waals surface area (Å²) in [5.74, 6) is 1.14. The van der Waals surface area contributed by atoms with Crippen LogP contribution in [0.1, 0.15) is 17.4 Å². The van der Waals surface area contributed by atoms with Crippen molar-refractivity contribution in [2.75, 3.05) is 5.75 Å². The maximum atomic E-state index is 12.1. The maximum Gasteiger partial charge on any atom is 0.191 e. The van der Waals surface area contributed by atoms with Crippen molar-refractivity contribution < 1.29 is 4.79 Å². The normalized spacial score (nSPS) is 10.9. The summed E-state index contributed by atoms with van der Waals surface area (Å²) < 4.78 is 2.00. The Balaban J connectivity index is 1.78. The van der Waals surface area contributed by atoms with E-state index in [0.29, 0.717) is 16.5 Å². The Morgan fingerprint density at radius 2 is 2.04 bits per heavy atom. The summed E-state index contributed by atoms with van der Waals surface area (Å²) in [5, 5.41) is 9.89. The van der Waals surface area contributed by atoms with Crippen molar-refractivity contribution in [1.82, 2.24) is 19.7 Å². The third-order valence-corrected chi connectivity index (χ3v) is 4.58. The van der Waals surface area contributed by atoms with E-state index in [0.717, 1.165) is 23.1 Å². The first-order valence-electron chi connectivity index (χ1n) is 7.17. The van der Waals surface area contributed by atoms with Crippen molar-refractivity contribution in [3.8, 4) is 11.4 Å². The number of rotatable bonds is 6. The van der Waals surface area contributed by atoms with Gasteiger partial charge in [0.25, 0.3) is 0 Å². The van der Waals surface area contributed by atoms with Gasteiger partial charge in [-0.05, 0) is 43.3 Å². The van der Waals surface area contributed by atoms with Gasteiger partial charge in [0.15, 0.2) is 16.8 Å². The highest BCUT2D eigenvalue weighted by Gasteiger charge is 2.15. The fraction of sp³-hybridized carbons (Fsp3) is 0.188. The van der Waals surface area contributed by atoms with Crippen LogP contribution in [0.15, 0.2) is 47.8 Å². The molecule has 0 saturated heterocycles. The SMILES string of the molecule is CCn1c(SCC(=O)c2ccc[nH]2)nnc1-c1ccc(Cl)cc1. The number of hydrogen-bond acceptors (Lipinski definition) is 4. The number of aromatic amines is 1. The number of aromatic nitrogens is 4. The molecule has 3 aromatic rings. The van der Waals surface area contributed by atoms with E-state index in [9.17, 15) is 4.79 Å². The van der Waals surface area contributed by atoms with Crippen molar-refractivity contribution in [1.29, 1.82) is 0 Å². The minimum Gasteiger partial charge on any atom is -0.359 e. The number of halogens is 1. The molecule has 0 aliphatic carbocycles. The van der Waals surface area contributed by atoms with Crippen LogP contribution in [0, 0.1) is 0 Å². The highest BCUT2D eigenvalue weighted by Crippen LogP contribution is 2.25. The largest absolute Gasteiger partial charge is 0.359 e. The third kappa shape index (κ3) is 3.48. The lowest BCUT2D eigenvalue weighted by Crippen LogP contribution is -2.05. The highest BCUT2D eigenvalue weighted by atomic mass is 35.5. The van der Waals surface area contributed by atoms with Gasteiger partial charge in [-0.3, -0.25) is 4.79 Å². The first-order valence-corrected chi connectivity index (χ1v) is 8.54. The second kappa shape index (κ2) is 7.02. The number of ketones is 1. The Bertz CT molecular complexity index is 796. The molecule has 0 saturated carbocycles. The van der Waals surface area contributed by atoms with Gasteiger partial charge in [-0.15, -0.1) is 10.2 Å². The van der Waals surface area contributed by atoms with Gasteiger partial charge < -0.3 is 9.55 Å². The van der Waals surface area contributed by atoms with Crippen LogP contribution < -0.4 is 0 Å². The van der Waals surface area contributed by atoms with E-state index in [1.807, 2.05) is 41.8 Å². The molecule has 2 aromatic heterocycles. The minimum absolute atomic E-state index is 0.0405. The minimum atomic E-state index is 0.0405. The van der Waals surface area contributed by atoms with Crippen LogP contribution in [0.5, 0.6) is 0 Å². The van der Waals surface area contributed by atoms with Crippen LogP contribution >= 0.6 is 23.4 Å². The molecule has 0 bridgehead atoms. The molecule has 23 heavy (non-hydrogen) atoms. The monoisotopic (exact) mass is 346 g/mol. The second-order valence-corrected chi connectivity index (χ2v) is 6.23. The van der Waals surface area contributed by atoms with Crippen molar-refractivity contribution >= 4 is 29.1 Å². The molecule has 0 spiro atoms. The number of nitrogens with one attached hydrogen (secondary N) is 1. The molecule has 5 nitrogen and oxygen atoms in total. The number of thioether (sulfide) groups is 1. The number of nitrogens with zero attached hydrogens (tertiary/aromatic N) is 3. The first-order chi connectivity index (χ1) is 11.2. The standard InChI is InChI=1S/C16H15ClN4OS/c1-2-21-15(11-5-7-12(17)8-6-11)19-20-16(21)23-10-14(22)13-4-3-9-18-13/h3-9,18H,2,10H2,1H3. The maximum absolute atomic E-state index is 12.1. The van der Waals surface area contributed by atoms with E-state index in [1.54, 1.807) is 12.3 Å². The molecule has 0 fully saturated rings. The Morgan fingerprint density at radius 3 is 2.70 bits per heavy atom. The zero-order chi connectivity index (χ0) is 16.2.